The highest BCUT2D eigenvalue weighted by atomic mass is 35.5. The van der Waals surface area contributed by atoms with Gasteiger partial charge in [0.25, 0.3) is 5.91 Å². The van der Waals surface area contributed by atoms with Crippen LogP contribution >= 0.6 is 11.6 Å². The normalized spacial score (nSPS) is 10.8. The van der Waals surface area contributed by atoms with Crippen LogP contribution in [0.15, 0.2) is 30.3 Å². The number of amides is 1. The first kappa shape index (κ1) is 13.6. The van der Waals surface area contributed by atoms with E-state index in [-0.39, 0.29) is 11.9 Å². The van der Waals surface area contributed by atoms with Gasteiger partial charge in [-0.25, -0.2) is 4.68 Å². The Bertz CT molecular complexity index is 587. The molecular formula is C14H16ClN3O. The van der Waals surface area contributed by atoms with Crippen molar-refractivity contribution in [2.75, 3.05) is 5.32 Å². The van der Waals surface area contributed by atoms with E-state index < -0.39 is 0 Å². The number of hydrogen-bond donors (Lipinski definition) is 1. The monoisotopic (exact) mass is 277 g/mol. The number of carbonyl (C=O) groups excluding carboxylic acids is 1. The van der Waals surface area contributed by atoms with Gasteiger partial charge in [0, 0.05) is 22.7 Å². The summed E-state index contributed by atoms with van der Waals surface area (Å²) in [4.78, 5) is 12.1. The molecule has 1 heterocycles. The molecule has 1 N–H and O–H groups in total. The summed E-state index contributed by atoms with van der Waals surface area (Å²) in [5, 5.41) is 7.83. The zero-order valence-electron chi connectivity index (χ0n) is 11.1. The summed E-state index contributed by atoms with van der Waals surface area (Å²) in [5.74, 6) is 0.533. The molecule has 0 aliphatic carbocycles. The molecule has 2 aromatic rings. The first-order chi connectivity index (χ1) is 8.97. The molecule has 0 aliphatic rings. The highest BCUT2D eigenvalue weighted by Gasteiger charge is 2.12. The van der Waals surface area contributed by atoms with Crippen LogP contribution in [0.3, 0.4) is 0 Å². The average Bonchev–Trinajstić information content (AvgIpc) is 2.71. The molecule has 1 aromatic heterocycles. The van der Waals surface area contributed by atoms with Crippen LogP contribution < -0.4 is 5.32 Å². The number of hydrogen-bond acceptors (Lipinski definition) is 2. The Kier molecular flexibility index (Phi) is 3.90. The average molecular weight is 278 g/mol. The van der Waals surface area contributed by atoms with Crippen molar-refractivity contribution in [3.05, 3.63) is 46.6 Å². The summed E-state index contributed by atoms with van der Waals surface area (Å²) >= 11 is 5.80. The summed E-state index contributed by atoms with van der Waals surface area (Å²) in [6, 6.07) is 8.83. The van der Waals surface area contributed by atoms with E-state index in [4.69, 9.17) is 11.6 Å². The van der Waals surface area contributed by atoms with Gasteiger partial charge >= 0.3 is 0 Å². The second kappa shape index (κ2) is 5.45. The standard InChI is InChI=1S/C14H16ClN3O/c1-9(2)18-13(8-10(3)17-18)16-14(19)11-4-6-12(15)7-5-11/h4-9H,1-3H3,(H,16,19). The van der Waals surface area contributed by atoms with Crippen LogP contribution in [0.1, 0.15) is 35.9 Å². The third kappa shape index (κ3) is 3.15. The smallest absolute Gasteiger partial charge is 0.256 e. The molecule has 100 valence electrons. The maximum Gasteiger partial charge on any atom is 0.256 e. The molecule has 0 radical (unpaired) electrons. The minimum absolute atomic E-state index is 0.168. The first-order valence-electron chi connectivity index (χ1n) is 6.10. The van der Waals surface area contributed by atoms with E-state index in [1.54, 1.807) is 28.9 Å². The summed E-state index contributed by atoms with van der Waals surface area (Å²) in [6.45, 7) is 5.94. The van der Waals surface area contributed by atoms with Crippen LogP contribution in [0, 0.1) is 6.92 Å². The van der Waals surface area contributed by atoms with E-state index in [1.807, 2.05) is 26.8 Å². The Labute approximate surface area is 117 Å². The van der Waals surface area contributed by atoms with Gasteiger partial charge in [-0.15, -0.1) is 0 Å². The zero-order chi connectivity index (χ0) is 14.0. The lowest BCUT2D eigenvalue weighted by molar-refractivity contribution is 0.102. The van der Waals surface area contributed by atoms with E-state index in [0.29, 0.717) is 16.4 Å². The largest absolute Gasteiger partial charge is 0.307 e. The van der Waals surface area contributed by atoms with Gasteiger partial charge in [-0.05, 0) is 45.0 Å². The summed E-state index contributed by atoms with van der Waals surface area (Å²) in [7, 11) is 0. The molecule has 0 fully saturated rings. The van der Waals surface area contributed by atoms with Gasteiger partial charge in [0.2, 0.25) is 0 Å². The SMILES string of the molecule is Cc1cc(NC(=O)c2ccc(Cl)cc2)n(C(C)C)n1. The number of carbonyl (C=O) groups is 1. The number of aryl methyl sites for hydroxylation is 1. The molecule has 1 aromatic carbocycles. The van der Waals surface area contributed by atoms with Crippen LogP contribution in [-0.4, -0.2) is 15.7 Å². The molecule has 4 nitrogen and oxygen atoms in total. The molecule has 0 saturated carbocycles. The fourth-order valence-electron chi connectivity index (χ4n) is 1.79. The Balaban J connectivity index is 2.21. The predicted molar refractivity (Wildman–Crippen MR) is 76.8 cm³/mol. The molecule has 0 atom stereocenters. The van der Waals surface area contributed by atoms with E-state index in [1.165, 1.54) is 0 Å². The molecule has 2 rings (SSSR count). The van der Waals surface area contributed by atoms with E-state index in [9.17, 15) is 4.79 Å². The molecule has 1 amide bonds. The second-order valence-electron chi connectivity index (χ2n) is 4.67. The summed E-state index contributed by atoms with van der Waals surface area (Å²) in [6.07, 6.45) is 0. The molecule has 19 heavy (non-hydrogen) atoms. The number of nitrogens with zero attached hydrogens (tertiary/aromatic N) is 2. The van der Waals surface area contributed by atoms with Gasteiger partial charge in [0.15, 0.2) is 0 Å². The lowest BCUT2D eigenvalue weighted by Gasteiger charge is -2.11. The van der Waals surface area contributed by atoms with Gasteiger partial charge in [-0.1, -0.05) is 11.6 Å². The number of benzene rings is 1. The Morgan fingerprint density at radius 2 is 1.95 bits per heavy atom. The maximum atomic E-state index is 12.1. The molecule has 0 spiro atoms. The van der Waals surface area contributed by atoms with E-state index in [2.05, 4.69) is 10.4 Å². The van der Waals surface area contributed by atoms with Crippen LogP contribution in [0.4, 0.5) is 5.82 Å². The summed E-state index contributed by atoms with van der Waals surface area (Å²) in [5.41, 5.74) is 1.44. The molecule has 0 saturated heterocycles. The fourth-order valence-corrected chi connectivity index (χ4v) is 1.92. The summed E-state index contributed by atoms with van der Waals surface area (Å²) < 4.78 is 1.79. The molecule has 5 heteroatoms. The highest BCUT2D eigenvalue weighted by molar-refractivity contribution is 6.30. The van der Waals surface area contributed by atoms with Gasteiger partial charge in [0.05, 0.1) is 5.69 Å². The van der Waals surface area contributed by atoms with Crippen molar-refractivity contribution in [1.29, 1.82) is 0 Å². The molecular weight excluding hydrogens is 262 g/mol. The predicted octanol–water partition coefficient (Wildman–Crippen LogP) is 3.68. The van der Waals surface area contributed by atoms with Crippen molar-refractivity contribution < 1.29 is 4.79 Å². The number of halogens is 1. The van der Waals surface area contributed by atoms with Crippen molar-refractivity contribution in [1.82, 2.24) is 9.78 Å². The highest BCUT2D eigenvalue weighted by Crippen LogP contribution is 2.17. The van der Waals surface area contributed by atoms with Crippen molar-refractivity contribution in [3.8, 4) is 0 Å². The number of rotatable bonds is 3. The van der Waals surface area contributed by atoms with Crippen LogP contribution in [0.2, 0.25) is 5.02 Å². The first-order valence-corrected chi connectivity index (χ1v) is 6.48. The molecule has 0 aliphatic heterocycles. The quantitative estimate of drug-likeness (QED) is 0.930. The van der Waals surface area contributed by atoms with Crippen LogP contribution in [0.5, 0.6) is 0 Å². The lowest BCUT2D eigenvalue weighted by atomic mass is 10.2. The maximum absolute atomic E-state index is 12.1. The van der Waals surface area contributed by atoms with Gasteiger partial charge in [-0.2, -0.15) is 5.10 Å². The fraction of sp³-hybridized carbons (Fsp3) is 0.286. The Morgan fingerprint density at radius 3 is 2.53 bits per heavy atom. The number of nitrogens with one attached hydrogen (secondary N) is 1. The Morgan fingerprint density at radius 1 is 1.32 bits per heavy atom. The van der Waals surface area contributed by atoms with Crippen molar-refractivity contribution >= 4 is 23.3 Å². The minimum atomic E-state index is -0.168. The minimum Gasteiger partial charge on any atom is -0.307 e. The topological polar surface area (TPSA) is 46.9 Å². The van der Waals surface area contributed by atoms with Crippen molar-refractivity contribution in [3.63, 3.8) is 0 Å². The van der Waals surface area contributed by atoms with Crippen molar-refractivity contribution in [2.45, 2.75) is 26.8 Å². The van der Waals surface area contributed by atoms with Crippen molar-refractivity contribution in [2.24, 2.45) is 0 Å². The number of aromatic nitrogens is 2. The zero-order valence-corrected chi connectivity index (χ0v) is 11.9. The van der Waals surface area contributed by atoms with E-state index >= 15 is 0 Å². The second-order valence-corrected chi connectivity index (χ2v) is 5.11. The van der Waals surface area contributed by atoms with Gasteiger partial charge < -0.3 is 5.32 Å². The lowest BCUT2D eigenvalue weighted by Crippen LogP contribution is -2.16. The van der Waals surface area contributed by atoms with Gasteiger partial charge in [-0.3, -0.25) is 4.79 Å². The van der Waals surface area contributed by atoms with Gasteiger partial charge in [0.1, 0.15) is 5.82 Å². The van der Waals surface area contributed by atoms with Crippen LogP contribution in [0.25, 0.3) is 0 Å². The molecule has 0 bridgehead atoms. The molecule has 0 unspecified atom stereocenters. The Hall–Kier alpha value is -1.81. The van der Waals surface area contributed by atoms with E-state index in [0.717, 1.165) is 5.69 Å². The van der Waals surface area contributed by atoms with Crippen LogP contribution in [-0.2, 0) is 0 Å². The third-order valence-corrected chi connectivity index (χ3v) is 2.95. The third-order valence-electron chi connectivity index (χ3n) is 2.70. The number of anilines is 1.